The summed E-state index contributed by atoms with van der Waals surface area (Å²) < 4.78 is 0. The molecule has 0 N–H and O–H groups in total. The second-order valence-corrected chi connectivity index (χ2v) is 0.644. The Morgan fingerprint density at radius 2 is 1.83 bits per heavy atom. The smallest absolute Gasteiger partial charge is 1.00 e. The van der Waals surface area contributed by atoms with Crippen LogP contribution in [0.2, 0.25) is 0 Å². The number of hydrogen-bond donors (Lipinski definition) is 0. The molecule has 32 valence electrons. The van der Waals surface area contributed by atoms with Gasteiger partial charge in [0.2, 0.25) is 0 Å². The van der Waals surface area contributed by atoms with Crippen LogP contribution in [0, 0.1) is 6.58 Å². The summed E-state index contributed by atoms with van der Waals surface area (Å²) in [5, 5.41) is 0. The van der Waals surface area contributed by atoms with E-state index in [0.717, 1.165) is 6.42 Å². The normalized spacial score (nSPS) is 4.17. The summed E-state index contributed by atoms with van der Waals surface area (Å²) in [4.78, 5) is 0. The van der Waals surface area contributed by atoms with Gasteiger partial charge in [0.15, 0.2) is 0 Å². The van der Waals surface area contributed by atoms with Crippen LogP contribution in [0.4, 0.5) is 0 Å². The molecule has 0 amide bonds. The van der Waals surface area contributed by atoms with Gasteiger partial charge >= 0.3 is 19.5 Å². The van der Waals surface area contributed by atoms with Crippen molar-refractivity contribution in [2.45, 2.75) is 13.3 Å². The van der Waals surface area contributed by atoms with Crippen molar-refractivity contribution in [3.63, 3.8) is 0 Å². The zero-order chi connectivity index (χ0) is 3.41. The fourth-order valence-corrected chi connectivity index (χ4v) is 0. The van der Waals surface area contributed by atoms with Gasteiger partial charge in [0.1, 0.15) is 0 Å². The third-order valence-corrected chi connectivity index (χ3v) is 0.236. The molecular weight excluding hydrogens is 193 g/mol. The van der Waals surface area contributed by atoms with E-state index in [0.29, 0.717) is 0 Å². The van der Waals surface area contributed by atoms with Crippen molar-refractivity contribution in [1.82, 2.24) is 0 Å². The molecule has 0 aromatic carbocycles. The first kappa shape index (κ1) is 15.8. The quantitative estimate of drug-likeness (QED) is 0.353. The molecule has 2 heteroatoms. The van der Waals surface area contributed by atoms with Gasteiger partial charge in [-0.05, 0) is 0 Å². The number of halogens is 1. The van der Waals surface area contributed by atoms with Crippen LogP contribution in [0.1, 0.15) is 13.3 Å². The molecular formula is C4H7BrZn. The zero-order valence-corrected chi connectivity index (χ0v) is 8.50. The van der Waals surface area contributed by atoms with Gasteiger partial charge in [-0.1, -0.05) is 13.3 Å². The molecule has 6 heavy (non-hydrogen) atoms. The topological polar surface area (TPSA) is 0 Å². The molecule has 0 aliphatic rings. The van der Waals surface area contributed by atoms with E-state index in [1.807, 2.05) is 6.92 Å². The van der Waals surface area contributed by atoms with Gasteiger partial charge in [-0.15, -0.1) is 0 Å². The second-order valence-electron chi connectivity index (χ2n) is 0.644. The molecule has 0 aromatic heterocycles. The van der Waals surface area contributed by atoms with Crippen LogP contribution in [0.5, 0.6) is 0 Å². The molecule has 0 aliphatic carbocycles. The summed E-state index contributed by atoms with van der Waals surface area (Å²) in [6.45, 7) is 6.90. The second kappa shape index (κ2) is 17.0. The Morgan fingerprint density at radius 3 is 1.83 bits per heavy atom. The van der Waals surface area contributed by atoms with Crippen molar-refractivity contribution in [2.75, 3.05) is 0 Å². The zero-order valence-electron chi connectivity index (χ0n) is 3.95. The Labute approximate surface area is 62.5 Å². The van der Waals surface area contributed by atoms with Gasteiger partial charge in [0, 0.05) is 0 Å². The van der Waals surface area contributed by atoms with Crippen LogP contribution in [0.3, 0.4) is 0 Å². The molecule has 0 heterocycles. The van der Waals surface area contributed by atoms with E-state index in [9.17, 15) is 0 Å². The van der Waals surface area contributed by atoms with E-state index in [4.69, 9.17) is 6.58 Å². The minimum atomic E-state index is 0. The van der Waals surface area contributed by atoms with E-state index in [1.54, 1.807) is 6.08 Å². The Morgan fingerprint density at radius 1 is 1.67 bits per heavy atom. The van der Waals surface area contributed by atoms with Crippen molar-refractivity contribution in [1.29, 1.82) is 0 Å². The van der Waals surface area contributed by atoms with Crippen LogP contribution in [0.15, 0.2) is 6.08 Å². The molecule has 0 aliphatic heterocycles. The third-order valence-electron chi connectivity index (χ3n) is 0.236. The average molecular weight is 200 g/mol. The number of rotatable bonds is 1. The van der Waals surface area contributed by atoms with Crippen LogP contribution >= 0.6 is 0 Å². The molecule has 0 saturated carbocycles. The predicted octanol–water partition coefficient (Wildman–Crippen LogP) is -1.61. The minimum Gasteiger partial charge on any atom is -1.00 e. The Bertz CT molecular complexity index is 21.5. The van der Waals surface area contributed by atoms with Gasteiger partial charge in [0.05, 0.1) is 0 Å². The number of hydrogen-bond acceptors (Lipinski definition) is 0. The summed E-state index contributed by atoms with van der Waals surface area (Å²) in [7, 11) is 0. The molecule has 0 bridgehead atoms. The van der Waals surface area contributed by atoms with Crippen molar-refractivity contribution in [3.05, 3.63) is 12.7 Å². The molecule has 0 rings (SSSR count). The van der Waals surface area contributed by atoms with Crippen LogP contribution in [0.25, 0.3) is 0 Å². The Balaban J connectivity index is -0.0000000450. The van der Waals surface area contributed by atoms with E-state index in [1.165, 1.54) is 0 Å². The molecule has 0 aromatic rings. The predicted molar refractivity (Wildman–Crippen MR) is 19.2 cm³/mol. The van der Waals surface area contributed by atoms with Gasteiger partial charge in [0.25, 0.3) is 0 Å². The van der Waals surface area contributed by atoms with Crippen molar-refractivity contribution in [2.24, 2.45) is 0 Å². The fraction of sp³-hybridized carbons (Fsp3) is 0.500. The maximum Gasteiger partial charge on any atom is 2.00 e. The Kier molecular flexibility index (Phi) is 44.7. The van der Waals surface area contributed by atoms with E-state index in [-0.39, 0.29) is 36.5 Å². The Hall–Kier alpha value is 0.843. The van der Waals surface area contributed by atoms with E-state index in [2.05, 4.69) is 0 Å². The fourth-order valence-electron chi connectivity index (χ4n) is 0. The van der Waals surface area contributed by atoms with Gasteiger partial charge in [-0.3, -0.25) is 6.08 Å². The average Bonchev–Trinajstić information content (AvgIpc) is 1.37. The molecule has 0 radical (unpaired) electrons. The van der Waals surface area contributed by atoms with E-state index < -0.39 is 0 Å². The van der Waals surface area contributed by atoms with Crippen molar-refractivity contribution in [3.8, 4) is 0 Å². The summed E-state index contributed by atoms with van der Waals surface area (Å²) in [5.41, 5.74) is 0. The van der Waals surface area contributed by atoms with Crippen molar-refractivity contribution < 1.29 is 36.5 Å². The summed E-state index contributed by atoms with van der Waals surface area (Å²) in [6.07, 6.45) is 2.60. The van der Waals surface area contributed by atoms with Crippen LogP contribution in [-0.4, -0.2) is 0 Å². The van der Waals surface area contributed by atoms with Gasteiger partial charge in [-0.2, -0.15) is 0 Å². The monoisotopic (exact) mass is 198 g/mol. The molecule has 0 atom stereocenters. The largest absolute Gasteiger partial charge is 2.00 e. The SMILES string of the molecule is [Br-].[CH-]=CCC.[Zn+2]. The first-order valence-electron chi connectivity index (χ1n) is 1.45. The van der Waals surface area contributed by atoms with Gasteiger partial charge < -0.3 is 23.6 Å². The number of allylic oxidation sites excluding steroid dienone is 1. The first-order valence-corrected chi connectivity index (χ1v) is 1.45. The molecule has 0 saturated heterocycles. The first-order chi connectivity index (χ1) is 1.91. The molecule has 0 nitrogen and oxygen atoms in total. The maximum atomic E-state index is 4.90. The third kappa shape index (κ3) is 21.1. The molecule has 0 fully saturated rings. The minimum absolute atomic E-state index is 0. The standard InChI is InChI=1S/C4H7.BrH.Zn/c1-3-4-2;;/h1,3H,4H2,2H3;1H;/q-1;;+2/p-1. The van der Waals surface area contributed by atoms with E-state index >= 15 is 0 Å². The summed E-state index contributed by atoms with van der Waals surface area (Å²) in [5.74, 6) is 0. The molecule has 0 spiro atoms. The molecule has 0 unspecified atom stereocenters. The van der Waals surface area contributed by atoms with Crippen LogP contribution < -0.4 is 17.0 Å². The summed E-state index contributed by atoms with van der Waals surface area (Å²) in [6, 6.07) is 0. The van der Waals surface area contributed by atoms with Crippen molar-refractivity contribution >= 4 is 0 Å². The summed E-state index contributed by atoms with van der Waals surface area (Å²) >= 11 is 0. The maximum absolute atomic E-state index is 4.90. The van der Waals surface area contributed by atoms with Crippen LogP contribution in [-0.2, 0) is 19.5 Å². The van der Waals surface area contributed by atoms with Gasteiger partial charge in [-0.25, -0.2) is 0 Å².